The Kier molecular flexibility index (Phi) is 8.90. The van der Waals surface area contributed by atoms with Crippen molar-refractivity contribution in [1.82, 2.24) is 5.32 Å². The molecule has 1 amide bonds. The number of anilines is 1. The molecule has 1 N–H and O–H groups in total. The number of carbonyl (C=O) groups is 2. The summed E-state index contributed by atoms with van der Waals surface area (Å²) in [5, 5.41) is 3.16. The predicted octanol–water partition coefficient (Wildman–Crippen LogP) is 5.35. The Morgan fingerprint density at radius 3 is 2.41 bits per heavy atom. The van der Waals surface area contributed by atoms with Crippen LogP contribution in [0.25, 0.3) is 5.70 Å². The van der Waals surface area contributed by atoms with Crippen molar-refractivity contribution in [3.8, 4) is 0 Å². The number of unbranched alkanes of at least 4 members (excludes halogenated alkanes) is 1. The molecule has 1 fully saturated rings. The van der Waals surface area contributed by atoms with Crippen molar-refractivity contribution in [1.29, 1.82) is 0 Å². The fourth-order valence-electron chi connectivity index (χ4n) is 3.98. The van der Waals surface area contributed by atoms with Gasteiger partial charge in [0.25, 0.3) is 0 Å². The summed E-state index contributed by atoms with van der Waals surface area (Å²) in [6.45, 7) is 6.37. The first-order valence-corrected chi connectivity index (χ1v) is 11.7. The van der Waals surface area contributed by atoms with Gasteiger partial charge in [-0.2, -0.15) is 0 Å². The zero-order valence-corrected chi connectivity index (χ0v) is 19.2. The Hall–Kier alpha value is -3.08. The van der Waals surface area contributed by atoms with E-state index in [1.54, 1.807) is 19.1 Å². The number of amides is 1. The van der Waals surface area contributed by atoms with Gasteiger partial charge in [-0.25, -0.2) is 4.79 Å². The third-order valence-corrected chi connectivity index (χ3v) is 5.63. The third-order valence-electron chi connectivity index (χ3n) is 5.63. The molecule has 1 saturated heterocycles. The summed E-state index contributed by atoms with van der Waals surface area (Å²) in [4.78, 5) is 27.2. The number of nitrogens with zero attached hydrogens (tertiary/aromatic N) is 1. The van der Waals surface area contributed by atoms with Crippen molar-refractivity contribution >= 4 is 23.3 Å². The van der Waals surface area contributed by atoms with Crippen LogP contribution >= 0.6 is 0 Å². The molecular weight excluding hydrogens is 400 g/mol. The van der Waals surface area contributed by atoms with Crippen molar-refractivity contribution in [2.45, 2.75) is 52.4 Å². The number of nitrogens with one attached hydrogen (secondary N) is 1. The summed E-state index contributed by atoms with van der Waals surface area (Å²) in [5.41, 5.74) is 4.49. The highest BCUT2D eigenvalue weighted by atomic mass is 16.5. The molecule has 0 saturated carbocycles. The zero-order chi connectivity index (χ0) is 22.8. The number of allylic oxidation sites excluding steroid dienone is 1. The van der Waals surface area contributed by atoms with Gasteiger partial charge in [0.15, 0.2) is 0 Å². The van der Waals surface area contributed by atoms with Crippen molar-refractivity contribution in [3.05, 3.63) is 71.3 Å². The summed E-state index contributed by atoms with van der Waals surface area (Å²) < 4.78 is 5.02. The molecule has 0 aliphatic carbocycles. The molecule has 2 aromatic carbocycles. The molecule has 0 unspecified atom stereocenters. The predicted molar refractivity (Wildman–Crippen MR) is 130 cm³/mol. The topological polar surface area (TPSA) is 58.6 Å². The van der Waals surface area contributed by atoms with Crippen molar-refractivity contribution in [2.24, 2.45) is 0 Å². The number of esters is 1. The van der Waals surface area contributed by atoms with Gasteiger partial charge in [-0.15, -0.1) is 0 Å². The summed E-state index contributed by atoms with van der Waals surface area (Å²) >= 11 is 0. The van der Waals surface area contributed by atoms with Crippen LogP contribution in [0.4, 0.5) is 5.69 Å². The van der Waals surface area contributed by atoms with Gasteiger partial charge in [0.1, 0.15) is 0 Å². The van der Waals surface area contributed by atoms with Gasteiger partial charge in [0.2, 0.25) is 5.91 Å². The van der Waals surface area contributed by atoms with E-state index in [2.05, 4.69) is 41.4 Å². The molecule has 0 aromatic heterocycles. The minimum Gasteiger partial charge on any atom is -0.462 e. The van der Waals surface area contributed by atoms with E-state index in [4.69, 9.17) is 4.74 Å². The fourth-order valence-corrected chi connectivity index (χ4v) is 3.98. The molecule has 1 aliphatic rings. The van der Waals surface area contributed by atoms with Gasteiger partial charge < -0.3 is 15.0 Å². The molecule has 170 valence electrons. The van der Waals surface area contributed by atoms with E-state index in [0.29, 0.717) is 12.2 Å². The highest BCUT2D eigenvalue weighted by Gasteiger charge is 2.17. The molecule has 2 aromatic rings. The highest BCUT2D eigenvalue weighted by molar-refractivity contribution is 5.91. The third kappa shape index (κ3) is 6.46. The van der Waals surface area contributed by atoms with E-state index in [-0.39, 0.29) is 18.3 Å². The molecule has 0 atom stereocenters. The van der Waals surface area contributed by atoms with Gasteiger partial charge in [0.05, 0.1) is 18.6 Å². The molecule has 0 spiro atoms. The van der Waals surface area contributed by atoms with Gasteiger partial charge in [-0.1, -0.05) is 49.8 Å². The second-order valence-electron chi connectivity index (χ2n) is 8.11. The van der Waals surface area contributed by atoms with Crippen molar-refractivity contribution < 1.29 is 14.3 Å². The molecule has 1 heterocycles. The largest absolute Gasteiger partial charge is 0.462 e. The van der Waals surface area contributed by atoms with E-state index >= 15 is 0 Å². The second kappa shape index (κ2) is 12.1. The van der Waals surface area contributed by atoms with Crippen LogP contribution in [-0.2, 0) is 16.0 Å². The van der Waals surface area contributed by atoms with Crippen molar-refractivity contribution in [2.75, 3.05) is 24.6 Å². The molecule has 5 nitrogen and oxygen atoms in total. The Morgan fingerprint density at radius 2 is 1.72 bits per heavy atom. The Balaban J connectivity index is 1.74. The fraction of sp³-hybridized carbons (Fsp3) is 0.407. The summed E-state index contributed by atoms with van der Waals surface area (Å²) in [6, 6.07) is 15.4. The number of carbonyl (C=O) groups excluding carboxylic acids is 2. The minimum absolute atomic E-state index is 0.0651. The van der Waals surface area contributed by atoms with Crippen LogP contribution in [-0.4, -0.2) is 31.6 Å². The van der Waals surface area contributed by atoms with E-state index in [9.17, 15) is 9.59 Å². The van der Waals surface area contributed by atoms with E-state index in [1.807, 2.05) is 18.2 Å². The lowest BCUT2D eigenvalue weighted by Crippen LogP contribution is -2.31. The van der Waals surface area contributed by atoms with E-state index < -0.39 is 0 Å². The first kappa shape index (κ1) is 23.6. The summed E-state index contributed by atoms with van der Waals surface area (Å²) in [7, 11) is 0. The molecule has 5 heteroatoms. The van der Waals surface area contributed by atoms with Gasteiger partial charge in [-0.3, -0.25) is 4.79 Å². The molecule has 0 bridgehead atoms. The summed E-state index contributed by atoms with van der Waals surface area (Å²) in [6.07, 6.45) is 7.98. The van der Waals surface area contributed by atoms with Crippen LogP contribution in [0, 0.1) is 0 Å². The van der Waals surface area contributed by atoms with Gasteiger partial charge in [0, 0.05) is 30.0 Å². The van der Waals surface area contributed by atoms with Crippen LogP contribution in [0.1, 0.15) is 67.4 Å². The average Bonchev–Trinajstić information content (AvgIpc) is 2.83. The number of rotatable bonds is 9. The maximum absolute atomic E-state index is 12.9. The van der Waals surface area contributed by atoms with E-state index in [1.165, 1.54) is 24.9 Å². The lowest BCUT2D eigenvalue weighted by Gasteiger charge is -2.31. The molecule has 0 radical (unpaired) electrons. The van der Waals surface area contributed by atoms with Crippen LogP contribution < -0.4 is 10.2 Å². The Morgan fingerprint density at radius 1 is 1.00 bits per heavy atom. The maximum Gasteiger partial charge on any atom is 0.338 e. The summed E-state index contributed by atoms with van der Waals surface area (Å²) in [5.74, 6) is -0.410. The molecular formula is C27H34N2O3. The lowest BCUT2D eigenvalue weighted by molar-refractivity contribution is -0.119. The second-order valence-corrected chi connectivity index (χ2v) is 8.11. The van der Waals surface area contributed by atoms with Crippen LogP contribution in [0.3, 0.4) is 0 Å². The maximum atomic E-state index is 12.9. The monoisotopic (exact) mass is 434 g/mol. The highest BCUT2D eigenvalue weighted by Crippen LogP contribution is 2.29. The zero-order valence-electron chi connectivity index (χ0n) is 19.2. The van der Waals surface area contributed by atoms with Gasteiger partial charge in [-0.05, 0) is 56.4 Å². The smallest absolute Gasteiger partial charge is 0.338 e. The number of para-hydroxylation sites is 1. The number of piperidine rings is 1. The van der Waals surface area contributed by atoms with Crippen LogP contribution in [0.5, 0.6) is 0 Å². The lowest BCUT2D eigenvalue weighted by atomic mass is 10.0. The number of ether oxygens (including phenoxy) is 1. The Bertz CT molecular complexity index is 928. The number of hydrogen-bond donors (Lipinski definition) is 1. The quantitative estimate of drug-likeness (QED) is 0.540. The normalized spacial score (nSPS) is 14.2. The first-order chi connectivity index (χ1) is 15.6. The van der Waals surface area contributed by atoms with Crippen LogP contribution in [0.15, 0.2) is 54.6 Å². The average molecular weight is 435 g/mol. The van der Waals surface area contributed by atoms with Crippen molar-refractivity contribution in [3.63, 3.8) is 0 Å². The molecule has 1 aliphatic heterocycles. The Labute approximate surface area is 191 Å². The number of hydrogen-bond acceptors (Lipinski definition) is 4. The first-order valence-electron chi connectivity index (χ1n) is 11.7. The number of benzene rings is 2. The van der Waals surface area contributed by atoms with E-state index in [0.717, 1.165) is 42.8 Å². The standard InChI is InChI=1S/C27H34N2O3/c1-3-5-12-24(23-11-7-8-13-25(23)29-18-9-6-10-19-29)28-26(30)20-21-14-16-22(17-15-21)27(31)32-4-2/h7-8,11-17H,3-6,9-10,18-20H2,1-2H3,(H,28,30). The van der Waals surface area contributed by atoms with Gasteiger partial charge >= 0.3 is 5.97 Å². The SMILES string of the molecule is CCCC=C(NC(=O)Cc1ccc(C(=O)OCC)cc1)c1ccccc1N1CCCCC1. The molecule has 32 heavy (non-hydrogen) atoms. The van der Waals surface area contributed by atoms with Crippen LogP contribution in [0.2, 0.25) is 0 Å². The minimum atomic E-state index is -0.345. The molecule has 3 rings (SSSR count).